The molecule has 0 bridgehead atoms. The first-order valence-electron chi connectivity index (χ1n) is 5.17. The zero-order valence-electron chi connectivity index (χ0n) is 9.61. The second-order valence-electron chi connectivity index (χ2n) is 3.95. The van der Waals surface area contributed by atoms with E-state index in [4.69, 9.17) is 5.73 Å². The highest BCUT2D eigenvalue weighted by atomic mass is 32.1. The fourth-order valence-corrected chi connectivity index (χ4v) is 2.52. The van der Waals surface area contributed by atoms with Gasteiger partial charge in [0.15, 0.2) is 10.8 Å². The maximum Gasteiger partial charge on any atom is 0.198 e. The van der Waals surface area contributed by atoms with Crippen molar-refractivity contribution in [2.24, 2.45) is 0 Å². The number of fused-ring (bicyclic) bond motifs is 1. The number of nitrogens with zero attached hydrogens (tertiary/aromatic N) is 1. The fraction of sp³-hybridized carbons (Fsp3) is 0.250. The van der Waals surface area contributed by atoms with E-state index in [9.17, 15) is 9.59 Å². The Bertz CT molecular complexity index is 616. The summed E-state index contributed by atoms with van der Waals surface area (Å²) in [6, 6.07) is 3.65. The summed E-state index contributed by atoms with van der Waals surface area (Å²) in [5.74, 6) is -0.373. The molecule has 1 aromatic heterocycles. The quantitative estimate of drug-likeness (QED) is 0.514. The van der Waals surface area contributed by atoms with E-state index in [0.717, 1.165) is 15.8 Å². The molecule has 1 aromatic carbocycles. The van der Waals surface area contributed by atoms with Crippen LogP contribution in [0.2, 0.25) is 0 Å². The number of aryl methyl sites for hydroxylation is 1. The number of hydrogen-bond acceptors (Lipinski definition) is 5. The molecule has 17 heavy (non-hydrogen) atoms. The molecule has 2 N–H and O–H groups in total. The largest absolute Gasteiger partial charge is 0.398 e. The van der Waals surface area contributed by atoms with Gasteiger partial charge in [-0.3, -0.25) is 9.59 Å². The number of aromatic nitrogens is 1. The normalized spacial score (nSPS) is 10.7. The van der Waals surface area contributed by atoms with Crippen LogP contribution in [0.3, 0.4) is 0 Å². The molecule has 0 aliphatic heterocycles. The van der Waals surface area contributed by atoms with Crippen molar-refractivity contribution in [3.8, 4) is 0 Å². The first-order chi connectivity index (χ1) is 7.99. The van der Waals surface area contributed by atoms with Gasteiger partial charge in [-0.05, 0) is 31.5 Å². The summed E-state index contributed by atoms with van der Waals surface area (Å²) in [6.07, 6.45) is -0.0889. The van der Waals surface area contributed by atoms with Gasteiger partial charge in [-0.2, -0.15) is 0 Å². The zero-order chi connectivity index (χ0) is 12.6. The lowest BCUT2D eigenvalue weighted by Gasteiger charge is -1.98. The van der Waals surface area contributed by atoms with Gasteiger partial charge in [0, 0.05) is 5.69 Å². The van der Waals surface area contributed by atoms with Crippen LogP contribution in [0, 0.1) is 6.92 Å². The number of hydrogen-bond donors (Lipinski definition) is 1. The minimum absolute atomic E-state index is 0.0889. The summed E-state index contributed by atoms with van der Waals surface area (Å²) in [4.78, 5) is 26.9. The minimum atomic E-state index is -0.225. The van der Waals surface area contributed by atoms with Crippen LogP contribution >= 0.6 is 11.3 Å². The van der Waals surface area contributed by atoms with Crippen LogP contribution in [-0.2, 0) is 4.79 Å². The zero-order valence-corrected chi connectivity index (χ0v) is 10.4. The average molecular weight is 248 g/mol. The smallest absolute Gasteiger partial charge is 0.198 e. The van der Waals surface area contributed by atoms with E-state index in [-0.39, 0.29) is 18.0 Å². The second-order valence-corrected chi connectivity index (χ2v) is 4.98. The van der Waals surface area contributed by atoms with Gasteiger partial charge in [0.1, 0.15) is 5.78 Å². The number of carbonyl (C=O) groups is 2. The van der Waals surface area contributed by atoms with E-state index in [1.165, 1.54) is 18.3 Å². The molecule has 0 spiro atoms. The average Bonchev–Trinajstić information content (AvgIpc) is 2.67. The first kappa shape index (κ1) is 11.7. The lowest BCUT2D eigenvalue weighted by atomic mass is 10.2. The third-order valence-electron chi connectivity index (χ3n) is 2.50. The molecule has 2 rings (SSSR count). The van der Waals surface area contributed by atoms with Crippen molar-refractivity contribution in [1.82, 2.24) is 4.98 Å². The number of Topliss-reactive ketones (excluding diaryl/α,β-unsaturated/α-hetero) is 2. The van der Waals surface area contributed by atoms with E-state index >= 15 is 0 Å². The molecule has 88 valence electrons. The lowest BCUT2D eigenvalue weighted by molar-refractivity contribution is -0.116. The Morgan fingerprint density at radius 1 is 1.41 bits per heavy atom. The van der Waals surface area contributed by atoms with Crippen molar-refractivity contribution in [3.05, 3.63) is 22.7 Å². The Kier molecular flexibility index (Phi) is 2.93. The highest BCUT2D eigenvalue weighted by Gasteiger charge is 2.15. The van der Waals surface area contributed by atoms with Crippen LogP contribution in [-0.4, -0.2) is 16.6 Å². The van der Waals surface area contributed by atoms with E-state index in [2.05, 4.69) is 4.98 Å². The Labute approximate surface area is 102 Å². The topological polar surface area (TPSA) is 73.0 Å². The molecular formula is C12H12N2O2S. The Morgan fingerprint density at radius 2 is 2.12 bits per heavy atom. The minimum Gasteiger partial charge on any atom is -0.398 e. The summed E-state index contributed by atoms with van der Waals surface area (Å²) in [5, 5.41) is 0.379. The number of nitrogens with two attached hydrogens (primary N) is 1. The van der Waals surface area contributed by atoms with Gasteiger partial charge in [0.2, 0.25) is 0 Å². The molecule has 0 atom stereocenters. The number of thiazole rings is 1. The number of carbonyl (C=O) groups excluding carboxylic acids is 2. The molecule has 0 aliphatic carbocycles. The van der Waals surface area contributed by atoms with Crippen molar-refractivity contribution in [3.63, 3.8) is 0 Å². The highest BCUT2D eigenvalue weighted by molar-refractivity contribution is 7.20. The van der Waals surface area contributed by atoms with Crippen molar-refractivity contribution in [1.29, 1.82) is 0 Å². The van der Waals surface area contributed by atoms with Crippen LogP contribution in [0.5, 0.6) is 0 Å². The van der Waals surface area contributed by atoms with E-state index < -0.39 is 0 Å². The predicted octanol–water partition coefficient (Wildman–Crippen LogP) is 2.35. The van der Waals surface area contributed by atoms with Gasteiger partial charge in [0.25, 0.3) is 0 Å². The molecule has 5 heteroatoms. The molecule has 0 radical (unpaired) electrons. The summed E-state index contributed by atoms with van der Waals surface area (Å²) in [5.41, 5.74) is 8.07. The first-order valence-corrected chi connectivity index (χ1v) is 5.99. The maximum absolute atomic E-state index is 11.7. The van der Waals surface area contributed by atoms with Crippen LogP contribution < -0.4 is 5.73 Å². The Hall–Kier alpha value is -1.75. The number of ketones is 2. The fourth-order valence-electron chi connectivity index (χ4n) is 1.56. The Morgan fingerprint density at radius 3 is 2.76 bits per heavy atom. The molecule has 1 heterocycles. The van der Waals surface area contributed by atoms with Crippen LogP contribution in [0.4, 0.5) is 5.69 Å². The van der Waals surface area contributed by atoms with E-state index in [0.29, 0.717) is 10.7 Å². The molecule has 0 fully saturated rings. The van der Waals surface area contributed by atoms with E-state index in [1.54, 1.807) is 6.07 Å². The van der Waals surface area contributed by atoms with Gasteiger partial charge < -0.3 is 5.73 Å². The predicted molar refractivity (Wildman–Crippen MR) is 68.4 cm³/mol. The van der Waals surface area contributed by atoms with Gasteiger partial charge in [-0.15, -0.1) is 11.3 Å². The number of nitrogen functional groups attached to an aromatic ring is 1. The SMILES string of the molecule is CC(=O)CC(=O)c1nc2c(C)c(N)ccc2s1. The standard InChI is InChI=1S/C12H12N2O2S/c1-6(15)5-9(16)12-14-11-7(2)8(13)3-4-10(11)17-12/h3-4H,5,13H2,1-2H3. The summed E-state index contributed by atoms with van der Waals surface area (Å²) >= 11 is 1.30. The monoisotopic (exact) mass is 248 g/mol. The summed E-state index contributed by atoms with van der Waals surface area (Å²) in [7, 11) is 0. The molecule has 2 aromatic rings. The third-order valence-corrected chi connectivity index (χ3v) is 3.57. The molecule has 0 aliphatic rings. The van der Waals surface area contributed by atoms with Crippen molar-refractivity contribution < 1.29 is 9.59 Å². The van der Waals surface area contributed by atoms with Crippen molar-refractivity contribution >= 4 is 38.8 Å². The third kappa shape index (κ3) is 2.19. The number of rotatable bonds is 3. The number of anilines is 1. The molecule has 0 amide bonds. The van der Waals surface area contributed by atoms with Crippen LogP contribution in [0.15, 0.2) is 12.1 Å². The summed E-state index contributed by atoms with van der Waals surface area (Å²) in [6.45, 7) is 3.27. The van der Waals surface area contributed by atoms with Gasteiger partial charge in [-0.25, -0.2) is 4.98 Å². The Balaban J connectivity index is 2.48. The van der Waals surface area contributed by atoms with E-state index in [1.807, 2.05) is 13.0 Å². The van der Waals surface area contributed by atoms with Crippen molar-refractivity contribution in [2.45, 2.75) is 20.3 Å². The molecule has 0 saturated heterocycles. The maximum atomic E-state index is 11.7. The van der Waals surface area contributed by atoms with Gasteiger partial charge in [-0.1, -0.05) is 0 Å². The lowest BCUT2D eigenvalue weighted by Crippen LogP contribution is -2.04. The highest BCUT2D eigenvalue weighted by Crippen LogP contribution is 2.28. The van der Waals surface area contributed by atoms with Crippen LogP contribution in [0.1, 0.15) is 28.7 Å². The molecule has 4 nitrogen and oxygen atoms in total. The number of benzene rings is 1. The van der Waals surface area contributed by atoms with Crippen molar-refractivity contribution in [2.75, 3.05) is 5.73 Å². The second kappa shape index (κ2) is 4.25. The van der Waals surface area contributed by atoms with Gasteiger partial charge in [0.05, 0.1) is 16.6 Å². The van der Waals surface area contributed by atoms with Crippen LogP contribution in [0.25, 0.3) is 10.2 Å². The molecule has 0 saturated carbocycles. The van der Waals surface area contributed by atoms with Gasteiger partial charge >= 0.3 is 0 Å². The molecule has 0 unspecified atom stereocenters. The molecular weight excluding hydrogens is 236 g/mol. The summed E-state index contributed by atoms with van der Waals surface area (Å²) < 4.78 is 0.920.